The fourth-order valence-corrected chi connectivity index (χ4v) is 4.37. The molecule has 1 heterocycles. The summed E-state index contributed by atoms with van der Waals surface area (Å²) in [5, 5.41) is 0. The fraction of sp³-hybridized carbons (Fsp3) is 0.333. The first-order chi connectivity index (χ1) is 12.4. The van der Waals surface area contributed by atoms with Gasteiger partial charge in [-0.15, -0.1) is 0 Å². The second kappa shape index (κ2) is 7.59. The second-order valence-corrected chi connectivity index (χ2v) is 7.90. The average Bonchev–Trinajstić information content (AvgIpc) is 2.60. The lowest BCUT2D eigenvalue weighted by molar-refractivity contribution is 0.0764. The Hall–Kier alpha value is -2.19. The van der Waals surface area contributed by atoms with Gasteiger partial charge in [0.25, 0.3) is 0 Å². The largest absolute Gasteiger partial charge is 0.486 e. The molecule has 1 aliphatic rings. The van der Waals surface area contributed by atoms with Crippen LogP contribution in [-0.4, -0.2) is 38.5 Å². The standard InChI is InChI=1S/C18H19F2NO4S/c1-2-7-21(26(22,23)16-9-13(19)8-14(20)10-16)11-15-12-24-17-5-3-4-6-18(17)25-15/h3-6,8-10,15H,2,7,11-12H2,1H3. The Morgan fingerprint density at radius 1 is 1.12 bits per heavy atom. The van der Waals surface area contributed by atoms with E-state index in [9.17, 15) is 17.2 Å². The van der Waals surface area contributed by atoms with E-state index in [0.29, 0.717) is 24.0 Å². The predicted octanol–water partition coefficient (Wildman–Crippen LogP) is 3.21. The molecule has 0 radical (unpaired) electrons. The average molecular weight is 383 g/mol. The molecule has 0 bridgehead atoms. The lowest BCUT2D eigenvalue weighted by Gasteiger charge is -2.30. The summed E-state index contributed by atoms with van der Waals surface area (Å²) >= 11 is 0. The molecule has 0 aliphatic carbocycles. The van der Waals surface area contributed by atoms with E-state index in [1.54, 1.807) is 18.2 Å². The highest BCUT2D eigenvalue weighted by Crippen LogP contribution is 2.31. The van der Waals surface area contributed by atoms with Crippen LogP contribution < -0.4 is 9.47 Å². The van der Waals surface area contributed by atoms with Gasteiger partial charge in [-0.2, -0.15) is 4.31 Å². The topological polar surface area (TPSA) is 55.8 Å². The SMILES string of the molecule is CCCN(CC1COc2ccccc2O1)S(=O)(=O)c1cc(F)cc(F)c1. The van der Waals surface area contributed by atoms with Crippen LogP contribution in [-0.2, 0) is 10.0 Å². The molecule has 26 heavy (non-hydrogen) atoms. The number of ether oxygens (including phenoxy) is 2. The highest BCUT2D eigenvalue weighted by atomic mass is 32.2. The third-order valence-corrected chi connectivity index (χ3v) is 5.76. The fourth-order valence-electron chi connectivity index (χ4n) is 2.77. The summed E-state index contributed by atoms with van der Waals surface area (Å²) < 4.78 is 65.2. The molecule has 5 nitrogen and oxygen atoms in total. The van der Waals surface area contributed by atoms with Crippen molar-refractivity contribution in [2.24, 2.45) is 0 Å². The van der Waals surface area contributed by atoms with Crippen molar-refractivity contribution in [1.82, 2.24) is 4.31 Å². The van der Waals surface area contributed by atoms with Crippen molar-refractivity contribution in [3.63, 3.8) is 0 Å². The highest BCUT2D eigenvalue weighted by molar-refractivity contribution is 7.89. The van der Waals surface area contributed by atoms with Gasteiger partial charge < -0.3 is 9.47 Å². The van der Waals surface area contributed by atoms with Crippen molar-refractivity contribution in [1.29, 1.82) is 0 Å². The van der Waals surface area contributed by atoms with Crippen LogP contribution in [0.3, 0.4) is 0 Å². The van der Waals surface area contributed by atoms with Crippen molar-refractivity contribution in [3.8, 4) is 11.5 Å². The maximum atomic E-state index is 13.5. The van der Waals surface area contributed by atoms with Crippen molar-refractivity contribution >= 4 is 10.0 Å². The number of sulfonamides is 1. The molecule has 3 rings (SSSR count). The maximum absolute atomic E-state index is 13.5. The first-order valence-electron chi connectivity index (χ1n) is 8.25. The molecule has 0 fully saturated rings. The molecular formula is C18H19F2NO4S. The Kier molecular flexibility index (Phi) is 5.43. The molecule has 1 unspecified atom stereocenters. The molecule has 8 heteroatoms. The van der Waals surface area contributed by atoms with Crippen LogP contribution in [0.2, 0.25) is 0 Å². The normalized spacial score (nSPS) is 16.7. The Morgan fingerprint density at radius 2 is 1.77 bits per heavy atom. The molecule has 2 aromatic carbocycles. The Bertz CT molecular complexity index is 868. The van der Waals surface area contributed by atoms with Crippen molar-refractivity contribution in [2.45, 2.75) is 24.3 Å². The van der Waals surface area contributed by atoms with Gasteiger partial charge in [-0.1, -0.05) is 19.1 Å². The molecule has 0 saturated carbocycles. The lowest BCUT2D eigenvalue weighted by Crippen LogP contribution is -2.44. The monoisotopic (exact) mass is 383 g/mol. The summed E-state index contributed by atoms with van der Waals surface area (Å²) in [6.45, 7) is 2.22. The van der Waals surface area contributed by atoms with Crippen molar-refractivity contribution in [3.05, 3.63) is 54.1 Å². The summed E-state index contributed by atoms with van der Waals surface area (Å²) in [7, 11) is -4.07. The van der Waals surface area contributed by atoms with E-state index in [1.165, 1.54) is 4.31 Å². The highest BCUT2D eigenvalue weighted by Gasteiger charge is 2.30. The molecular weight excluding hydrogens is 364 g/mol. The molecule has 1 aliphatic heterocycles. The van der Waals surface area contributed by atoms with E-state index in [2.05, 4.69) is 0 Å². The maximum Gasteiger partial charge on any atom is 0.243 e. The second-order valence-electron chi connectivity index (χ2n) is 5.97. The smallest absolute Gasteiger partial charge is 0.243 e. The molecule has 0 amide bonds. The lowest BCUT2D eigenvalue weighted by atomic mass is 10.2. The third kappa shape index (κ3) is 3.96. The van der Waals surface area contributed by atoms with Gasteiger partial charge >= 0.3 is 0 Å². The minimum Gasteiger partial charge on any atom is -0.486 e. The molecule has 1 atom stereocenters. The van der Waals surface area contributed by atoms with Gasteiger partial charge in [-0.05, 0) is 30.7 Å². The Labute approximate surface area is 151 Å². The number of benzene rings is 2. The van der Waals surface area contributed by atoms with Gasteiger partial charge in [0, 0.05) is 12.6 Å². The Morgan fingerprint density at radius 3 is 2.42 bits per heavy atom. The number of fused-ring (bicyclic) bond motifs is 1. The van der Waals surface area contributed by atoms with Crippen molar-refractivity contribution < 1.29 is 26.7 Å². The zero-order valence-corrected chi connectivity index (χ0v) is 15.0. The van der Waals surface area contributed by atoms with Crippen LogP contribution in [0.4, 0.5) is 8.78 Å². The minimum atomic E-state index is -4.07. The molecule has 0 N–H and O–H groups in total. The van der Waals surface area contributed by atoms with Crippen molar-refractivity contribution in [2.75, 3.05) is 19.7 Å². The number of nitrogens with zero attached hydrogens (tertiary/aromatic N) is 1. The van der Waals surface area contributed by atoms with Gasteiger partial charge in [0.15, 0.2) is 11.5 Å². The summed E-state index contributed by atoms with van der Waals surface area (Å²) in [6, 6.07) is 9.38. The number of rotatable bonds is 6. The summed E-state index contributed by atoms with van der Waals surface area (Å²) in [6.07, 6.45) is 0.0194. The first-order valence-corrected chi connectivity index (χ1v) is 9.69. The van der Waals surface area contributed by atoms with E-state index in [0.717, 1.165) is 12.1 Å². The molecule has 0 spiro atoms. The van der Waals surface area contributed by atoms with Gasteiger partial charge in [0.1, 0.15) is 24.3 Å². The zero-order valence-electron chi connectivity index (χ0n) is 14.2. The molecule has 140 valence electrons. The molecule has 0 saturated heterocycles. The summed E-state index contributed by atoms with van der Waals surface area (Å²) in [5.41, 5.74) is 0. The van der Waals surface area contributed by atoms with Crippen LogP contribution >= 0.6 is 0 Å². The quantitative estimate of drug-likeness (QED) is 0.769. The molecule has 2 aromatic rings. The number of hydrogen-bond donors (Lipinski definition) is 0. The van der Waals surface area contributed by atoms with Crippen LogP contribution in [0.15, 0.2) is 47.4 Å². The number of para-hydroxylation sites is 2. The van der Waals surface area contributed by atoms with E-state index in [1.807, 2.05) is 13.0 Å². The first kappa shape index (κ1) is 18.6. The van der Waals surface area contributed by atoms with Gasteiger partial charge in [-0.3, -0.25) is 0 Å². The van der Waals surface area contributed by atoms with E-state index < -0.39 is 32.7 Å². The van der Waals surface area contributed by atoms with Gasteiger partial charge in [0.05, 0.1) is 11.4 Å². The van der Waals surface area contributed by atoms with Crippen LogP contribution in [0.5, 0.6) is 11.5 Å². The number of halogens is 2. The summed E-state index contributed by atoms with van der Waals surface area (Å²) in [4.78, 5) is -0.416. The van der Waals surface area contributed by atoms with Crippen LogP contribution in [0.25, 0.3) is 0 Å². The summed E-state index contributed by atoms with van der Waals surface area (Å²) in [5.74, 6) is -0.743. The zero-order chi connectivity index (χ0) is 18.7. The number of hydrogen-bond acceptors (Lipinski definition) is 4. The van der Waals surface area contributed by atoms with Crippen LogP contribution in [0.1, 0.15) is 13.3 Å². The molecule has 0 aromatic heterocycles. The third-order valence-electron chi connectivity index (χ3n) is 3.92. The van der Waals surface area contributed by atoms with Gasteiger partial charge in [0.2, 0.25) is 10.0 Å². The Balaban J connectivity index is 1.83. The van der Waals surface area contributed by atoms with Gasteiger partial charge in [-0.25, -0.2) is 17.2 Å². The van der Waals surface area contributed by atoms with Crippen LogP contribution in [0, 0.1) is 11.6 Å². The van der Waals surface area contributed by atoms with E-state index in [4.69, 9.17) is 9.47 Å². The van der Waals surface area contributed by atoms with E-state index >= 15 is 0 Å². The minimum absolute atomic E-state index is 0.0165. The van der Waals surface area contributed by atoms with E-state index in [-0.39, 0.29) is 19.7 Å². The predicted molar refractivity (Wildman–Crippen MR) is 91.8 cm³/mol.